The lowest BCUT2D eigenvalue weighted by atomic mass is 10.1. The van der Waals surface area contributed by atoms with Crippen LogP contribution >= 0.6 is 11.6 Å². The first-order chi connectivity index (χ1) is 12.3. The van der Waals surface area contributed by atoms with Gasteiger partial charge >= 0.3 is 0 Å². The Hall–Kier alpha value is -2.12. The van der Waals surface area contributed by atoms with Crippen molar-refractivity contribution in [2.24, 2.45) is 4.99 Å². The van der Waals surface area contributed by atoms with E-state index in [2.05, 4.69) is 15.6 Å². The summed E-state index contributed by atoms with van der Waals surface area (Å²) < 4.78 is 36.1. The van der Waals surface area contributed by atoms with E-state index in [9.17, 15) is 12.8 Å². The van der Waals surface area contributed by atoms with Crippen molar-refractivity contribution in [2.45, 2.75) is 17.9 Å². The van der Waals surface area contributed by atoms with Crippen molar-refractivity contribution in [1.82, 2.24) is 10.6 Å². The molecule has 2 aromatic carbocycles. The van der Waals surface area contributed by atoms with E-state index in [-0.39, 0.29) is 5.02 Å². The van der Waals surface area contributed by atoms with Gasteiger partial charge in [-0.1, -0.05) is 29.8 Å². The molecule has 5 nitrogen and oxygen atoms in total. The van der Waals surface area contributed by atoms with Crippen molar-refractivity contribution >= 4 is 27.4 Å². The highest BCUT2D eigenvalue weighted by molar-refractivity contribution is 7.90. The summed E-state index contributed by atoms with van der Waals surface area (Å²) in [6, 6.07) is 11.4. The van der Waals surface area contributed by atoms with Gasteiger partial charge in [-0.25, -0.2) is 12.8 Å². The van der Waals surface area contributed by atoms with E-state index in [1.54, 1.807) is 43.4 Å². The predicted molar refractivity (Wildman–Crippen MR) is 103 cm³/mol. The number of halogens is 2. The molecule has 0 unspecified atom stereocenters. The molecule has 0 amide bonds. The minimum absolute atomic E-state index is 0.0878. The zero-order valence-corrected chi connectivity index (χ0v) is 16.2. The minimum atomic E-state index is -3.17. The lowest BCUT2D eigenvalue weighted by Crippen LogP contribution is -2.37. The van der Waals surface area contributed by atoms with Gasteiger partial charge in [-0.3, -0.25) is 4.99 Å². The molecule has 0 aliphatic rings. The van der Waals surface area contributed by atoms with Crippen molar-refractivity contribution < 1.29 is 12.8 Å². The first-order valence-corrected chi connectivity index (χ1v) is 10.2. The third-order valence-corrected chi connectivity index (χ3v) is 5.14. The van der Waals surface area contributed by atoms with Crippen molar-refractivity contribution in [3.8, 4) is 0 Å². The molecule has 0 atom stereocenters. The molecule has 26 heavy (non-hydrogen) atoms. The molecule has 0 spiro atoms. The summed E-state index contributed by atoms with van der Waals surface area (Å²) in [7, 11) is -1.51. The number of nitrogens with one attached hydrogen (secondary N) is 2. The smallest absolute Gasteiger partial charge is 0.191 e. The second kappa shape index (κ2) is 9.00. The molecule has 140 valence electrons. The van der Waals surface area contributed by atoms with E-state index in [4.69, 9.17) is 11.6 Å². The van der Waals surface area contributed by atoms with Crippen LogP contribution < -0.4 is 10.6 Å². The fourth-order valence-corrected chi connectivity index (χ4v) is 3.12. The van der Waals surface area contributed by atoms with Crippen LogP contribution in [-0.2, 0) is 22.8 Å². The van der Waals surface area contributed by atoms with E-state index in [1.807, 2.05) is 0 Å². The number of rotatable bonds is 6. The van der Waals surface area contributed by atoms with Gasteiger partial charge in [0.15, 0.2) is 15.8 Å². The monoisotopic (exact) mass is 397 g/mol. The van der Waals surface area contributed by atoms with Crippen LogP contribution in [-0.4, -0.2) is 34.2 Å². The number of aliphatic imine (C=N–C) groups is 1. The Kier molecular flexibility index (Phi) is 6.99. The standard InChI is InChI=1S/C18H21ClFN3O2S/c1-21-18(23-12-14-5-8-17(20)16(19)11-14)22-10-9-13-3-6-15(7-4-13)26(2,24)25/h3-8,11H,9-10,12H2,1-2H3,(H2,21,22,23). The van der Waals surface area contributed by atoms with E-state index >= 15 is 0 Å². The summed E-state index contributed by atoms with van der Waals surface area (Å²) in [6.45, 7) is 1.09. The third-order valence-electron chi connectivity index (χ3n) is 3.73. The first-order valence-electron chi connectivity index (χ1n) is 7.97. The summed E-state index contributed by atoms with van der Waals surface area (Å²) in [5, 5.41) is 6.39. The summed E-state index contributed by atoms with van der Waals surface area (Å²) in [5.41, 5.74) is 1.86. The zero-order chi connectivity index (χ0) is 19.2. The average Bonchev–Trinajstić information content (AvgIpc) is 2.60. The lowest BCUT2D eigenvalue weighted by Gasteiger charge is -2.12. The molecule has 2 aromatic rings. The Labute approximate surface area is 158 Å². The fraction of sp³-hybridized carbons (Fsp3) is 0.278. The molecule has 0 fully saturated rings. The molecule has 0 saturated carbocycles. The average molecular weight is 398 g/mol. The maximum atomic E-state index is 13.2. The molecule has 0 aromatic heterocycles. The number of sulfone groups is 1. The molecule has 0 aliphatic carbocycles. The first kappa shape index (κ1) is 20.2. The molecule has 0 bridgehead atoms. The van der Waals surface area contributed by atoms with Gasteiger partial charge in [0.1, 0.15) is 5.82 Å². The quantitative estimate of drug-likeness (QED) is 0.581. The van der Waals surface area contributed by atoms with E-state index in [0.717, 1.165) is 11.1 Å². The second-order valence-corrected chi connectivity index (χ2v) is 8.19. The lowest BCUT2D eigenvalue weighted by molar-refractivity contribution is 0.602. The minimum Gasteiger partial charge on any atom is -0.356 e. The van der Waals surface area contributed by atoms with Crippen LogP contribution in [0.3, 0.4) is 0 Å². The molecule has 0 heterocycles. The molecule has 8 heteroatoms. The van der Waals surface area contributed by atoms with Crippen LogP contribution in [0.2, 0.25) is 5.02 Å². The van der Waals surface area contributed by atoms with Gasteiger partial charge < -0.3 is 10.6 Å². The van der Waals surface area contributed by atoms with Crippen molar-refractivity contribution in [3.05, 3.63) is 64.4 Å². The second-order valence-electron chi connectivity index (χ2n) is 5.77. The number of guanidine groups is 1. The van der Waals surface area contributed by atoms with Gasteiger partial charge in [0.2, 0.25) is 0 Å². The fourth-order valence-electron chi connectivity index (χ4n) is 2.28. The van der Waals surface area contributed by atoms with Crippen LogP contribution in [0.5, 0.6) is 0 Å². The van der Waals surface area contributed by atoms with E-state index in [1.165, 1.54) is 12.3 Å². The van der Waals surface area contributed by atoms with Crippen LogP contribution in [0, 0.1) is 5.82 Å². The number of nitrogens with zero attached hydrogens (tertiary/aromatic N) is 1. The topological polar surface area (TPSA) is 70.6 Å². The van der Waals surface area contributed by atoms with Crippen molar-refractivity contribution in [1.29, 1.82) is 0 Å². The number of hydrogen-bond acceptors (Lipinski definition) is 3. The highest BCUT2D eigenvalue weighted by atomic mass is 35.5. The number of benzene rings is 2. The maximum absolute atomic E-state index is 13.2. The molecule has 0 radical (unpaired) electrons. The Morgan fingerprint density at radius 3 is 2.35 bits per heavy atom. The number of hydrogen-bond donors (Lipinski definition) is 2. The summed E-state index contributed by atoms with van der Waals surface area (Å²) >= 11 is 5.77. The van der Waals surface area contributed by atoms with Gasteiger partial charge in [0.25, 0.3) is 0 Å². The van der Waals surface area contributed by atoms with Gasteiger partial charge in [-0.15, -0.1) is 0 Å². The van der Waals surface area contributed by atoms with Gasteiger partial charge in [-0.05, 0) is 41.8 Å². The molecule has 0 saturated heterocycles. The van der Waals surface area contributed by atoms with Crippen LogP contribution in [0.1, 0.15) is 11.1 Å². The predicted octanol–water partition coefficient (Wildman–Crippen LogP) is 2.79. The molecule has 0 aliphatic heterocycles. The van der Waals surface area contributed by atoms with E-state index < -0.39 is 15.7 Å². The van der Waals surface area contributed by atoms with Gasteiger partial charge in [0, 0.05) is 26.4 Å². The Morgan fingerprint density at radius 2 is 1.77 bits per heavy atom. The Morgan fingerprint density at radius 1 is 1.12 bits per heavy atom. The summed E-state index contributed by atoms with van der Waals surface area (Å²) in [6.07, 6.45) is 1.90. The highest BCUT2D eigenvalue weighted by Gasteiger charge is 2.06. The highest BCUT2D eigenvalue weighted by Crippen LogP contribution is 2.15. The maximum Gasteiger partial charge on any atom is 0.191 e. The van der Waals surface area contributed by atoms with Crippen molar-refractivity contribution in [3.63, 3.8) is 0 Å². The SMILES string of the molecule is CN=C(NCCc1ccc(S(C)(=O)=O)cc1)NCc1ccc(F)c(Cl)c1. The van der Waals surface area contributed by atoms with E-state index in [0.29, 0.717) is 30.4 Å². The zero-order valence-electron chi connectivity index (χ0n) is 14.6. The molecule has 2 N–H and O–H groups in total. The Bertz CT molecular complexity index is 884. The van der Waals surface area contributed by atoms with Crippen LogP contribution in [0.15, 0.2) is 52.4 Å². The van der Waals surface area contributed by atoms with Crippen LogP contribution in [0.25, 0.3) is 0 Å². The summed E-state index contributed by atoms with van der Waals surface area (Å²) in [4.78, 5) is 4.44. The van der Waals surface area contributed by atoms with Gasteiger partial charge in [-0.2, -0.15) is 0 Å². The van der Waals surface area contributed by atoms with Gasteiger partial charge in [0.05, 0.1) is 9.92 Å². The molecular formula is C18H21ClFN3O2S. The van der Waals surface area contributed by atoms with Crippen molar-refractivity contribution in [2.75, 3.05) is 19.8 Å². The molecule has 2 rings (SSSR count). The third kappa shape index (κ3) is 6.00. The normalized spacial score (nSPS) is 12.1. The van der Waals surface area contributed by atoms with Crippen LogP contribution in [0.4, 0.5) is 4.39 Å². The summed E-state index contributed by atoms with van der Waals surface area (Å²) in [5.74, 6) is 0.165. The Balaban J connectivity index is 1.82. The molecular weight excluding hydrogens is 377 g/mol. The largest absolute Gasteiger partial charge is 0.356 e.